The number of nitrogens with two attached hydrogens (primary N) is 1. The second-order valence-electron chi connectivity index (χ2n) is 3.94. The van der Waals surface area contributed by atoms with Gasteiger partial charge in [-0.15, -0.1) is 0 Å². The van der Waals surface area contributed by atoms with Crippen LogP contribution in [0.3, 0.4) is 0 Å². The Bertz CT molecular complexity index is 569. The van der Waals surface area contributed by atoms with E-state index in [2.05, 4.69) is 0 Å². The second-order valence-corrected chi connectivity index (χ2v) is 4.35. The van der Waals surface area contributed by atoms with Crippen molar-refractivity contribution in [1.82, 2.24) is 0 Å². The quantitative estimate of drug-likeness (QED) is 0.843. The van der Waals surface area contributed by atoms with Crippen LogP contribution in [0.5, 0.6) is 0 Å². The number of rotatable bonds is 2. The number of carbonyl (C=O) groups is 1. The molecule has 3 nitrogen and oxygen atoms in total. The third kappa shape index (κ3) is 2.46. The lowest BCUT2D eigenvalue weighted by atomic mass is 10.1. The van der Waals surface area contributed by atoms with Crippen LogP contribution in [-0.2, 0) is 0 Å². The van der Waals surface area contributed by atoms with Crippen molar-refractivity contribution in [3.8, 4) is 0 Å². The summed E-state index contributed by atoms with van der Waals surface area (Å²) in [7, 11) is 1.71. The van der Waals surface area contributed by atoms with Gasteiger partial charge in [-0.3, -0.25) is 4.79 Å². The molecule has 0 aliphatic heterocycles. The lowest BCUT2D eigenvalue weighted by molar-refractivity contribution is 0.0993. The zero-order valence-electron chi connectivity index (χ0n) is 9.93. The zero-order chi connectivity index (χ0) is 13.1. The van der Waals surface area contributed by atoms with Crippen molar-refractivity contribution in [3.05, 3.63) is 59.1 Å². The fourth-order valence-corrected chi connectivity index (χ4v) is 1.85. The molecule has 0 saturated carbocycles. The van der Waals surface area contributed by atoms with Crippen molar-refractivity contribution in [1.29, 1.82) is 0 Å². The zero-order valence-corrected chi connectivity index (χ0v) is 10.7. The van der Waals surface area contributed by atoms with Gasteiger partial charge in [0, 0.05) is 18.4 Å². The van der Waals surface area contributed by atoms with E-state index >= 15 is 0 Å². The molecule has 18 heavy (non-hydrogen) atoms. The molecule has 4 heteroatoms. The molecule has 0 fully saturated rings. The highest BCUT2D eigenvalue weighted by molar-refractivity contribution is 6.34. The standard InChI is InChI=1S/C14H13ClN2O/c1-17(11-5-3-2-4-6-11)14(18)12-9-10(16)7-8-13(12)15/h2-9H,16H2,1H3. The molecular weight excluding hydrogens is 248 g/mol. The number of anilines is 2. The molecule has 0 unspecified atom stereocenters. The number of halogens is 1. The van der Waals surface area contributed by atoms with Crippen LogP contribution in [0, 0.1) is 0 Å². The van der Waals surface area contributed by atoms with Crippen LogP contribution in [0.1, 0.15) is 10.4 Å². The van der Waals surface area contributed by atoms with E-state index in [9.17, 15) is 4.79 Å². The molecule has 2 aromatic carbocycles. The van der Waals surface area contributed by atoms with E-state index in [-0.39, 0.29) is 5.91 Å². The minimum atomic E-state index is -0.182. The third-order valence-electron chi connectivity index (χ3n) is 2.67. The van der Waals surface area contributed by atoms with E-state index in [4.69, 9.17) is 17.3 Å². The maximum Gasteiger partial charge on any atom is 0.259 e. The van der Waals surface area contributed by atoms with Crippen LogP contribution in [-0.4, -0.2) is 13.0 Å². The maximum absolute atomic E-state index is 12.3. The molecule has 0 bridgehead atoms. The first-order valence-electron chi connectivity index (χ1n) is 5.47. The molecule has 0 saturated heterocycles. The van der Waals surface area contributed by atoms with Crippen LogP contribution < -0.4 is 10.6 Å². The lowest BCUT2D eigenvalue weighted by Crippen LogP contribution is -2.26. The van der Waals surface area contributed by atoms with Crippen LogP contribution >= 0.6 is 11.6 Å². The Kier molecular flexibility index (Phi) is 3.53. The number of para-hydroxylation sites is 1. The highest BCUT2D eigenvalue weighted by atomic mass is 35.5. The molecule has 92 valence electrons. The number of nitrogens with zero attached hydrogens (tertiary/aromatic N) is 1. The van der Waals surface area contributed by atoms with Gasteiger partial charge in [0.15, 0.2) is 0 Å². The molecule has 0 radical (unpaired) electrons. The predicted octanol–water partition coefficient (Wildman–Crippen LogP) is 3.20. The fraction of sp³-hybridized carbons (Fsp3) is 0.0714. The summed E-state index contributed by atoms with van der Waals surface area (Å²) in [6.45, 7) is 0. The summed E-state index contributed by atoms with van der Waals surface area (Å²) in [5.74, 6) is -0.182. The predicted molar refractivity (Wildman–Crippen MR) is 75.0 cm³/mol. The average Bonchev–Trinajstić information content (AvgIpc) is 2.41. The molecule has 0 aromatic heterocycles. The van der Waals surface area contributed by atoms with Gasteiger partial charge in [-0.2, -0.15) is 0 Å². The van der Waals surface area contributed by atoms with Gasteiger partial charge in [0.2, 0.25) is 0 Å². The van der Waals surface area contributed by atoms with Crippen LogP contribution in [0.4, 0.5) is 11.4 Å². The largest absolute Gasteiger partial charge is 0.399 e. The first kappa shape index (κ1) is 12.5. The Morgan fingerprint density at radius 2 is 1.83 bits per heavy atom. The molecule has 0 aliphatic rings. The lowest BCUT2D eigenvalue weighted by Gasteiger charge is -2.18. The molecule has 2 rings (SSSR count). The van der Waals surface area contributed by atoms with Gasteiger partial charge in [0.1, 0.15) is 0 Å². The molecular formula is C14H13ClN2O. The summed E-state index contributed by atoms with van der Waals surface area (Å²) in [4.78, 5) is 13.8. The van der Waals surface area contributed by atoms with Gasteiger partial charge in [-0.25, -0.2) is 0 Å². The number of hydrogen-bond donors (Lipinski definition) is 1. The first-order chi connectivity index (χ1) is 8.59. The molecule has 0 aliphatic carbocycles. The maximum atomic E-state index is 12.3. The fourth-order valence-electron chi connectivity index (χ4n) is 1.66. The molecule has 2 aromatic rings. The normalized spacial score (nSPS) is 10.1. The van der Waals surface area contributed by atoms with Gasteiger partial charge in [-0.05, 0) is 30.3 Å². The second kappa shape index (κ2) is 5.10. The molecule has 1 amide bonds. The average molecular weight is 261 g/mol. The Balaban J connectivity index is 2.34. The number of benzene rings is 2. The van der Waals surface area contributed by atoms with E-state index in [1.54, 1.807) is 30.1 Å². The van der Waals surface area contributed by atoms with E-state index in [0.29, 0.717) is 16.3 Å². The van der Waals surface area contributed by atoms with Crippen molar-refractivity contribution in [2.75, 3.05) is 17.7 Å². The highest BCUT2D eigenvalue weighted by Crippen LogP contribution is 2.22. The van der Waals surface area contributed by atoms with Crippen molar-refractivity contribution >= 4 is 28.9 Å². The summed E-state index contributed by atoms with van der Waals surface area (Å²) >= 11 is 6.02. The summed E-state index contributed by atoms with van der Waals surface area (Å²) < 4.78 is 0. The van der Waals surface area contributed by atoms with Gasteiger partial charge < -0.3 is 10.6 Å². The van der Waals surface area contributed by atoms with Crippen molar-refractivity contribution in [2.45, 2.75) is 0 Å². The van der Waals surface area contributed by atoms with Crippen LogP contribution in [0.25, 0.3) is 0 Å². The Morgan fingerprint density at radius 3 is 2.50 bits per heavy atom. The molecule has 2 N–H and O–H groups in total. The topological polar surface area (TPSA) is 46.3 Å². The Hall–Kier alpha value is -2.00. The van der Waals surface area contributed by atoms with Gasteiger partial charge >= 0.3 is 0 Å². The molecule has 0 heterocycles. The minimum Gasteiger partial charge on any atom is -0.399 e. The summed E-state index contributed by atoms with van der Waals surface area (Å²) in [5.41, 5.74) is 7.40. The summed E-state index contributed by atoms with van der Waals surface area (Å²) in [6, 6.07) is 14.3. The Labute approximate surface area is 111 Å². The number of nitrogen functional groups attached to an aromatic ring is 1. The van der Waals surface area contributed by atoms with E-state index < -0.39 is 0 Å². The monoisotopic (exact) mass is 260 g/mol. The SMILES string of the molecule is CN(C(=O)c1cc(N)ccc1Cl)c1ccccc1. The summed E-state index contributed by atoms with van der Waals surface area (Å²) in [5, 5.41) is 0.400. The van der Waals surface area contributed by atoms with Gasteiger partial charge in [0.25, 0.3) is 5.91 Å². The third-order valence-corrected chi connectivity index (χ3v) is 3.00. The summed E-state index contributed by atoms with van der Waals surface area (Å²) in [6.07, 6.45) is 0. The van der Waals surface area contributed by atoms with Gasteiger partial charge in [0.05, 0.1) is 10.6 Å². The molecule has 0 atom stereocenters. The van der Waals surface area contributed by atoms with E-state index in [0.717, 1.165) is 5.69 Å². The number of hydrogen-bond acceptors (Lipinski definition) is 2. The van der Waals surface area contributed by atoms with Crippen molar-refractivity contribution in [2.24, 2.45) is 0 Å². The molecule has 0 spiro atoms. The Morgan fingerprint density at radius 1 is 1.17 bits per heavy atom. The minimum absolute atomic E-state index is 0.182. The van der Waals surface area contributed by atoms with Crippen LogP contribution in [0.15, 0.2) is 48.5 Å². The van der Waals surface area contributed by atoms with Crippen molar-refractivity contribution in [3.63, 3.8) is 0 Å². The van der Waals surface area contributed by atoms with Crippen molar-refractivity contribution < 1.29 is 4.79 Å². The van der Waals surface area contributed by atoms with Gasteiger partial charge in [-0.1, -0.05) is 29.8 Å². The number of carbonyl (C=O) groups excluding carboxylic acids is 1. The smallest absolute Gasteiger partial charge is 0.259 e. The van der Waals surface area contributed by atoms with E-state index in [1.807, 2.05) is 30.3 Å². The first-order valence-corrected chi connectivity index (χ1v) is 5.85. The van der Waals surface area contributed by atoms with Crippen LogP contribution in [0.2, 0.25) is 5.02 Å². The number of amides is 1. The highest BCUT2D eigenvalue weighted by Gasteiger charge is 2.16. The van der Waals surface area contributed by atoms with E-state index in [1.165, 1.54) is 0 Å².